The number of alkyl halides is 6. The highest BCUT2D eigenvalue weighted by atomic mass is 19.4. The molecule has 1 aromatic heterocycles. The van der Waals surface area contributed by atoms with Crippen molar-refractivity contribution in [2.24, 2.45) is 5.73 Å². The van der Waals surface area contributed by atoms with Crippen LogP contribution in [0.15, 0.2) is 12.1 Å². The molecule has 0 aliphatic rings. The van der Waals surface area contributed by atoms with Gasteiger partial charge in [-0.3, -0.25) is 0 Å². The third kappa shape index (κ3) is 4.26. The summed E-state index contributed by atoms with van der Waals surface area (Å²) in [6.07, 6.45) is -9.27. The van der Waals surface area contributed by atoms with Gasteiger partial charge in [-0.05, 0) is 13.0 Å². The van der Waals surface area contributed by atoms with E-state index in [4.69, 9.17) is 5.73 Å². The largest absolute Gasteiger partial charge is 0.433 e. The van der Waals surface area contributed by atoms with Crippen LogP contribution in [0, 0.1) is 0 Å². The van der Waals surface area contributed by atoms with Crippen LogP contribution in [-0.2, 0) is 12.7 Å². The van der Waals surface area contributed by atoms with Gasteiger partial charge in [-0.2, -0.15) is 26.3 Å². The monoisotopic (exact) mass is 301 g/mol. The zero-order valence-corrected chi connectivity index (χ0v) is 10.5. The van der Waals surface area contributed by atoms with Crippen molar-refractivity contribution in [3.8, 4) is 0 Å². The predicted octanol–water partition coefficient (Wildman–Crippen LogP) is 2.95. The Morgan fingerprint density at radius 1 is 1.15 bits per heavy atom. The van der Waals surface area contributed by atoms with Crippen LogP contribution in [-0.4, -0.2) is 24.2 Å². The zero-order valence-electron chi connectivity index (χ0n) is 10.5. The zero-order chi connectivity index (χ0) is 15.6. The minimum absolute atomic E-state index is 0.129. The van der Waals surface area contributed by atoms with E-state index >= 15 is 0 Å². The Balaban J connectivity index is 3.24. The lowest BCUT2D eigenvalue weighted by Gasteiger charge is -2.26. The first-order valence-electron chi connectivity index (χ1n) is 5.67. The van der Waals surface area contributed by atoms with E-state index in [1.807, 2.05) is 0 Å². The minimum Gasteiger partial charge on any atom is -0.348 e. The fourth-order valence-electron chi connectivity index (χ4n) is 1.62. The Morgan fingerprint density at radius 3 is 2.15 bits per heavy atom. The van der Waals surface area contributed by atoms with Crippen molar-refractivity contribution in [3.63, 3.8) is 0 Å². The van der Waals surface area contributed by atoms with Crippen LogP contribution in [0.5, 0.6) is 0 Å². The lowest BCUT2D eigenvalue weighted by molar-refractivity contribution is -0.141. The summed E-state index contributed by atoms with van der Waals surface area (Å²) >= 11 is 0. The van der Waals surface area contributed by atoms with Gasteiger partial charge in [-0.1, -0.05) is 6.07 Å². The van der Waals surface area contributed by atoms with Gasteiger partial charge in [0.25, 0.3) is 0 Å². The van der Waals surface area contributed by atoms with Gasteiger partial charge in [0.1, 0.15) is 18.1 Å². The molecule has 0 unspecified atom stereocenters. The molecule has 0 spiro atoms. The number of hydrogen-bond donors (Lipinski definition) is 1. The van der Waals surface area contributed by atoms with E-state index in [1.165, 1.54) is 6.92 Å². The summed E-state index contributed by atoms with van der Waals surface area (Å²) in [4.78, 5) is 4.01. The van der Waals surface area contributed by atoms with Crippen molar-refractivity contribution in [1.82, 2.24) is 4.98 Å². The summed E-state index contributed by atoms with van der Waals surface area (Å²) in [5.41, 5.74) is 4.22. The maximum atomic E-state index is 12.6. The lowest BCUT2D eigenvalue weighted by Crippen LogP contribution is -2.36. The quantitative estimate of drug-likeness (QED) is 0.869. The molecule has 0 aliphatic heterocycles. The van der Waals surface area contributed by atoms with Gasteiger partial charge in [0.05, 0.1) is 0 Å². The molecule has 0 fully saturated rings. The molecule has 114 valence electrons. The van der Waals surface area contributed by atoms with E-state index in [1.54, 1.807) is 0 Å². The van der Waals surface area contributed by atoms with Gasteiger partial charge >= 0.3 is 12.4 Å². The molecule has 1 heterocycles. The van der Waals surface area contributed by atoms with E-state index in [0.717, 1.165) is 11.0 Å². The summed E-state index contributed by atoms with van der Waals surface area (Å²) in [7, 11) is 0. The number of halogens is 6. The van der Waals surface area contributed by atoms with E-state index in [9.17, 15) is 26.3 Å². The van der Waals surface area contributed by atoms with Gasteiger partial charge < -0.3 is 10.6 Å². The summed E-state index contributed by atoms with van der Waals surface area (Å²) in [6.45, 7) is -0.325. The third-order valence-corrected chi connectivity index (χ3v) is 2.52. The van der Waals surface area contributed by atoms with Crippen molar-refractivity contribution in [1.29, 1.82) is 0 Å². The van der Waals surface area contributed by atoms with Crippen LogP contribution in [0.3, 0.4) is 0 Å². The molecule has 0 amide bonds. The predicted molar refractivity (Wildman–Crippen MR) is 61.1 cm³/mol. The Labute approximate surface area is 111 Å². The summed E-state index contributed by atoms with van der Waals surface area (Å²) < 4.78 is 75.0. The SMILES string of the molecule is CCN(CC(F)(F)F)c1nc(C(F)(F)F)ccc1CN. The average molecular weight is 301 g/mol. The molecule has 3 nitrogen and oxygen atoms in total. The lowest BCUT2D eigenvalue weighted by atomic mass is 10.2. The van der Waals surface area contributed by atoms with E-state index < -0.39 is 24.6 Å². The topological polar surface area (TPSA) is 42.2 Å². The van der Waals surface area contributed by atoms with Crippen molar-refractivity contribution >= 4 is 5.82 Å². The molecule has 0 radical (unpaired) electrons. The van der Waals surface area contributed by atoms with Crippen LogP contribution in [0.2, 0.25) is 0 Å². The van der Waals surface area contributed by atoms with Crippen LogP contribution < -0.4 is 10.6 Å². The molecular weight excluding hydrogens is 288 g/mol. The van der Waals surface area contributed by atoms with Crippen LogP contribution in [0.25, 0.3) is 0 Å². The maximum absolute atomic E-state index is 12.6. The van der Waals surface area contributed by atoms with Crippen molar-refractivity contribution in [3.05, 3.63) is 23.4 Å². The molecule has 2 N–H and O–H groups in total. The standard InChI is InChI=1S/C11H13F6N3/c1-2-20(6-10(12,13)14)9-7(5-18)3-4-8(19-9)11(15,16)17/h3-4H,2,5-6,18H2,1H3. The molecule has 20 heavy (non-hydrogen) atoms. The maximum Gasteiger partial charge on any atom is 0.433 e. The number of rotatable bonds is 4. The molecule has 9 heteroatoms. The highest BCUT2D eigenvalue weighted by Crippen LogP contribution is 2.31. The van der Waals surface area contributed by atoms with Crippen molar-refractivity contribution in [2.75, 3.05) is 18.0 Å². The highest BCUT2D eigenvalue weighted by Gasteiger charge is 2.35. The second-order valence-electron chi connectivity index (χ2n) is 4.01. The molecule has 0 saturated carbocycles. The number of anilines is 1. The molecule has 1 aromatic rings. The molecular formula is C11H13F6N3. The summed E-state index contributed by atoms with van der Waals surface area (Å²) in [5, 5.41) is 0. The second-order valence-corrected chi connectivity index (χ2v) is 4.01. The smallest absolute Gasteiger partial charge is 0.348 e. The Kier molecular flexibility index (Phi) is 4.85. The van der Waals surface area contributed by atoms with Gasteiger partial charge in [-0.15, -0.1) is 0 Å². The fraction of sp³-hybridized carbons (Fsp3) is 0.545. The van der Waals surface area contributed by atoms with Gasteiger partial charge in [-0.25, -0.2) is 4.98 Å². The number of nitrogens with zero attached hydrogens (tertiary/aromatic N) is 2. The van der Waals surface area contributed by atoms with Crippen molar-refractivity contribution < 1.29 is 26.3 Å². The minimum atomic E-state index is -4.72. The van der Waals surface area contributed by atoms with E-state index in [0.29, 0.717) is 6.07 Å². The number of aromatic nitrogens is 1. The fourth-order valence-corrected chi connectivity index (χ4v) is 1.62. The first-order chi connectivity index (χ1) is 9.08. The normalized spacial score (nSPS) is 12.6. The van der Waals surface area contributed by atoms with Gasteiger partial charge in [0.15, 0.2) is 0 Å². The summed E-state index contributed by atoms with van der Waals surface area (Å²) in [6, 6.07) is 1.75. The molecule has 0 aromatic carbocycles. The molecule has 0 atom stereocenters. The Morgan fingerprint density at radius 2 is 1.75 bits per heavy atom. The first-order valence-corrected chi connectivity index (χ1v) is 5.67. The molecule has 1 rings (SSSR count). The highest BCUT2D eigenvalue weighted by molar-refractivity contribution is 5.48. The molecule has 0 aliphatic carbocycles. The second kappa shape index (κ2) is 5.86. The Hall–Kier alpha value is -1.51. The number of nitrogens with two attached hydrogens (primary N) is 1. The Bertz CT molecular complexity index is 454. The van der Waals surface area contributed by atoms with Gasteiger partial charge in [0, 0.05) is 18.7 Å². The number of pyridine rings is 1. The van der Waals surface area contributed by atoms with Crippen LogP contribution in [0.4, 0.5) is 32.2 Å². The molecule has 0 saturated heterocycles. The summed E-state index contributed by atoms with van der Waals surface area (Å²) in [5.74, 6) is -0.387. The van der Waals surface area contributed by atoms with Crippen LogP contribution >= 0.6 is 0 Å². The van der Waals surface area contributed by atoms with E-state index in [-0.39, 0.29) is 24.5 Å². The van der Waals surface area contributed by atoms with Crippen LogP contribution in [0.1, 0.15) is 18.2 Å². The average Bonchev–Trinajstić information content (AvgIpc) is 2.33. The molecule has 0 bridgehead atoms. The first kappa shape index (κ1) is 16.5. The van der Waals surface area contributed by atoms with E-state index in [2.05, 4.69) is 4.98 Å². The number of hydrogen-bond acceptors (Lipinski definition) is 3. The van der Waals surface area contributed by atoms with Gasteiger partial charge in [0.2, 0.25) is 0 Å². The third-order valence-electron chi connectivity index (χ3n) is 2.52. The van der Waals surface area contributed by atoms with Crippen molar-refractivity contribution in [2.45, 2.75) is 25.8 Å².